The van der Waals surface area contributed by atoms with Crippen LogP contribution in [0.3, 0.4) is 0 Å². The summed E-state index contributed by atoms with van der Waals surface area (Å²) in [5, 5.41) is 4.67. The van der Waals surface area contributed by atoms with E-state index in [9.17, 15) is 26.4 Å². The van der Waals surface area contributed by atoms with E-state index in [1.807, 2.05) is 0 Å². The molecule has 2 aromatic rings. The summed E-state index contributed by atoms with van der Waals surface area (Å²) in [5.74, 6) is -0.611. The van der Waals surface area contributed by atoms with E-state index in [1.54, 1.807) is 17.0 Å². The number of aromatic nitrogens is 1. The number of amides is 2. The lowest BCUT2D eigenvalue weighted by Crippen LogP contribution is -2.55. The van der Waals surface area contributed by atoms with Crippen molar-refractivity contribution in [2.75, 3.05) is 26.2 Å². The van der Waals surface area contributed by atoms with Gasteiger partial charge in [0.25, 0.3) is 0 Å². The smallest absolute Gasteiger partial charge is 0.246 e. The Hall–Kier alpha value is -2.30. The van der Waals surface area contributed by atoms with Crippen LogP contribution in [0.4, 0.5) is 0 Å². The molecule has 0 spiro atoms. The lowest BCUT2D eigenvalue weighted by Gasteiger charge is -2.34. The van der Waals surface area contributed by atoms with Crippen molar-refractivity contribution in [3.05, 3.63) is 38.2 Å². The maximum atomic E-state index is 13.2. The minimum atomic E-state index is -3.91. The second kappa shape index (κ2) is 12.1. The number of rotatable bonds is 10. The molecule has 0 saturated carbocycles. The lowest BCUT2D eigenvalue weighted by atomic mass is 10.1. The van der Waals surface area contributed by atoms with Crippen LogP contribution in [-0.2, 0) is 29.6 Å². The highest BCUT2D eigenvalue weighted by molar-refractivity contribution is 7.92. The molecule has 39 heavy (non-hydrogen) atoms. The highest BCUT2D eigenvalue weighted by Crippen LogP contribution is 2.24. The maximum Gasteiger partial charge on any atom is 0.246 e. The van der Waals surface area contributed by atoms with E-state index in [4.69, 9.17) is 16.1 Å². The first-order chi connectivity index (χ1) is 18.4. The fourth-order valence-corrected chi connectivity index (χ4v) is 8.25. The van der Waals surface area contributed by atoms with Crippen molar-refractivity contribution >= 4 is 60.9 Å². The van der Waals surface area contributed by atoms with E-state index in [1.165, 1.54) is 36.2 Å². The number of sulfonamides is 2. The topological polar surface area (TPSA) is 159 Å². The molecule has 2 aromatic heterocycles. The van der Waals surface area contributed by atoms with Crippen LogP contribution in [0.1, 0.15) is 42.0 Å². The average Bonchev–Trinajstić information content (AvgIpc) is 3.59. The van der Waals surface area contributed by atoms with E-state index in [2.05, 4.69) is 14.6 Å². The number of halogens is 1. The molecule has 4 rings (SSSR count). The third-order valence-corrected chi connectivity index (χ3v) is 10.6. The number of nitrogens with zero attached hydrogens (tertiary/aromatic N) is 3. The van der Waals surface area contributed by atoms with E-state index < -0.39 is 32.0 Å². The quantitative estimate of drug-likeness (QED) is 0.408. The molecule has 2 aliphatic heterocycles. The molecule has 0 aliphatic carbocycles. The van der Waals surface area contributed by atoms with Crippen molar-refractivity contribution in [1.29, 1.82) is 0 Å². The van der Waals surface area contributed by atoms with Crippen molar-refractivity contribution in [2.24, 2.45) is 0 Å². The lowest BCUT2D eigenvalue weighted by molar-refractivity contribution is -0.143. The van der Waals surface area contributed by atoms with Crippen molar-refractivity contribution in [2.45, 2.75) is 56.5 Å². The number of aryl methyl sites for hydroxylation is 2. The molecule has 0 bridgehead atoms. The summed E-state index contributed by atoms with van der Waals surface area (Å²) in [6, 6.07) is 1.98. The van der Waals surface area contributed by atoms with Crippen molar-refractivity contribution in [1.82, 2.24) is 24.4 Å². The van der Waals surface area contributed by atoms with Gasteiger partial charge in [0.05, 0.1) is 10.9 Å². The summed E-state index contributed by atoms with van der Waals surface area (Å²) in [5.41, 5.74) is 0.250. The summed E-state index contributed by atoms with van der Waals surface area (Å²) < 4.78 is 61.1. The minimum absolute atomic E-state index is 0.0102. The van der Waals surface area contributed by atoms with Gasteiger partial charge >= 0.3 is 0 Å². The summed E-state index contributed by atoms with van der Waals surface area (Å²) in [7, 11) is -7.79. The van der Waals surface area contributed by atoms with E-state index in [-0.39, 0.29) is 41.4 Å². The number of hydrogen-bond acceptors (Lipinski definition) is 9. The van der Waals surface area contributed by atoms with Crippen LogP contribution in [0.2, 0.25) is 4.34 Å². The molecule has 12 nitrogen and oxygen atoms in total. The molecule has 0 radical (unpaired) electrons. The molecule has 2 amide bonds. The van der Waals surface area contributed by atoms with Gasteiger partial charge in [-0.2, -0.15) is 4.72 Å². The minimum Gasteiger partial charge on any atom is -0.360 e. The molecule has 2 aliphatic rings. The fraction of sp³-hybridized carbons (Fsp3) is 0.522. The van der Waals surface area contributed by atoms with Gasteiger partial charge in [-0.1, -0.05) is 16.8 Å². The predicted molar refractivity (Wildman–Crippen MR) is 146 cm³/mol. The molecular formula is C23H30ClN5O7S3. The highest BCUT2D eigenvalue weighted by atomic mass is 35.5. The fourth-order valence-electron chi connectivity index (χ4n) is 4.79. The van der Waals surface area contributed by atoms with E-state index >= 15 is 0 Å². The van der Waals surface area contributed by atoms with Crippen molar-refractivity contribution in [3.63, 3.8) is 0 Å². The van der Waals surface area contributed by atoms with Crippen LogP contribution in [-0.4, -0.2) is 81.9 Å². The Bertz CT molecular complexity index is 1450. The second-order valence-corrected chi connectivity index (χ2v) is 14.5. The number of thiophene rings is 1. The van der Waals surface area contributed by atoms with Crippen LogP contribution in [0.15, 0.2) is 27.0 Å². The molecule has 2 atom stereocenters. The van der Waals surface area contributed by atoms with Crippen LogP contribution in [0.5, 0.6) is 0 Å². The van der Waals surface area contributed by atoms with Crippen LogP contribution in [0.25, 0.3) is 6.08 Å². The van der Waals surface area contributed by atoms with Crippen molar-refractivity contribution in [3.8, 4) is 0 Å². The zero-order chi connectivity index (χ0) is 28.4. The maximum absolute atomic E-state index is 13.2. The van der Waals surface area contributed by atoms with Crippen LogP contribution >= 0.6 is 22.9 Å². The van der Waals surface area contributed by atoms with Crippen LogP contribution < -0.4 is 9.44 Å². The number of hydrogen-bond donors (Lipinski definition) is 2. The number of carbonyl (C=O) groups is 2. The Morgan fingerprint density at radius 1 is 1.21 bits per heavy atom. The zero-order valence-electron chi connectivity index (χ0n) is 21.4. The molecular weight excluding hydrogens is 590 g/mol. The number of likely N-dealkylation sites (tertiary alicyclic amines) is 2. The standard InChI is InChI=1S/C23H30ClN5O7S3/c1-15-22(16(2)36-26-15)39(34,35)25-13-17-5-3-11-29(17)21(30)14-28-10-4-6-19(23(28)31)27-38(32,33)12-9-18-7-8-20(24)37-18/h7-9,12,17,19,25,27H,3-6,10-11,13-14H2,1-2H3/b12-9+/t17-,19-/m0/s1. The molecule has 2 N–H and O–H groups in total. The van der Waals surface area contributed by atoms with E-state index in [0.717, 1.165) is 5.41 Å². The number of nitrogens with one attached hydrogen (secondary N) is 2. The van der Waals surface area contributed by atoms with Gasteiger partial charge in [-0.25, -0.2) is 21.6 Å². The van der Waals surface area contributed by atoms with Gasteiger partial charge in [0, 0.05) is 36.0 Å². The van der Waals surface area contributed by atoms with Gasteiger partial charge in [-0.05, 0) is 57.7 Å². The largest absolute Gasteiger partial charge is 0.360 e. The third-order valence-electron chi connectivity index (χ3n) is 6.61. The molecule has 16 heteroatoms. The molecule has 2 saturated heterocycles. The van der Waals surface area contributed by atoms with Crippen LogP contribution in [0, 0.1) is 13.8 Å². The van der Waals surface area contributed by atoms with Gasteiger partial charge < -0.3 is 14.3 Å². The first-order valence-electron chi connectivity index (χ1n) is 12.3. The van der Waals surface area contributed by atoms with Gasteiger partial charge in [-0.15, -0.1) is 11.3 Å². The second-order valence-electron chi connectivity index (χ2n) is 9.45. The molecule has 214 valence electrons. The monoisotopic (exact) mass is 619 g/mol. The highest BCUT2D eigenvalue weighted by Gasteiger charge is 2.36. The van der Waals surface area contributed by atoms with Gasteiger partial charge in [0.15, 0.2) is 5.76 Å². The summed E-state index contributed by atoms with van der Waals surface area (Å²) >= 11 is 7.09. The Labute approximate surface area is 236 Å². The Morgan fingerprint density at radius 3 is 2.62 bits per heavy atom. The first-order valence-corrected chi connectivity index (χ1v) is 16.6. The normalized spacial score (nSPS) is 20.8. The van der Waals surface area contributed by atoms with Gasteiger partial charge in [-0.3, -0.25) is 9.59 Å². The van der Waals surface area contributed by atoms with Gasteiger partial charge in [0.2, 0.25) is 31.9 Å². The zero-order valence-corrected chi connectivity index (χ0v) is 24.6. The SMILES string of the molecule is Cc1noc(C)c1S(=O)(=O)NC[C@@H]1CCCN1C(=O)CN1CCC[C@H](NS(=O)(=O)/C=C/c2ccc(Cl)s2)C1=O. The summed E-state index contributed by atoms with van der Waals surface area (Å²) in [4.78, 5) is 29.8. The third kappa shape index (κ3) is 7.27. The van der Waals surface area contributed by atoms with Crippen molar-refractivity contribution < 1.29 is 30.9 Å². The molecule has 0 unspecified atom stereocenters. The predicted octanol–water partition coefficient (Wildman–Crippen LogP) is 1.86. The summed E-state index contributed by atoms with van der Waals surface area (Å²) in [6.07, 6.45) is 3.55. The molecule has 2 fully saturated rings. The summed E-state index contributed by atoms with van der Waals surface area (Å²) in [6.45, 7) is 3.61. The Morgan fingerprint density at radius 2 is 1.95 bits per heavy atom. The molecule has 0 aromatic carbocycles. The Kier molecular flexibility index (Phi) is 9.18. The number of piperidine rings is 1. The number of carbonyl (C=O) groups excluding carboxylic acids is 2. The first kappa shape index (κ1) is 29.7. The Balaban J connectivity index is 1.34. The van der Waals surface area contributed by atoms with E-state index in [0.29, 0.717) is 48.0 Å². The molecule has 4 heterocycles. The average molecular weight is 620 g/mol. The van der Waals surface area contributed by atoms with Gasteiger partial charge in [0.1, 0.15) is 16.6 Å².